The Hall–Kier alpha value is -0.880. The summed E-state index contributed by atoms with van der Waals surface area (Å²) >= 11 is 0. The first kappa shape index (κ1) is 14.5. The second kappa shape index (κ2) is 5.63. The molecular formula is C13H23N3O2S. The Balaban J connectivity index is 2.06. The Bertz CT molecular complexity index is 536. The lowest BCUT2D eigenvalue weighted by atomic mass is 9.96. The summed E-state index contributed by atoms with van der Waals surface area (Å²) < 4.78 is 25.0. The van der Waals surface area contributed by atoms with Crippen LogP contribution in [0.3, 0.4) is 0 Å². The van der Waals surface area contributed by atoms with Crippen LogP contribution in [0.25, 0.3) is 0 Å². The van der Waals surface area contributed by atoms with Gasteiger partial charge in [-0.05, 0) is 31.7 Å². The number of aryl methyl sites for hydroxylation is 2. The average Bonchev–Trinajstić information content (AvgIpc) is 2.92. The van der Waals surface area contributed by atoms with E-state index in [2.05, 4.69) is 25.0 Å². The highest BCUT2D eigenvalue weighted by Crippen LogP contribution is 2.23. The van der Waals surface area contributed by atoms with Crippen LogP contribution in [0.15, 0.2) is 6.07 Å². The number of hydrogen-bond donors (Lipinski definition) is 1. The van der Waals surface area contributed by atoms with Crippen molar-refractivity contribution in [3.05, 3.63) is 17.5 Å². The van der Waals surface area contributed by atoms with E-state index in [4.69, 9.17) is 5.73 Å². The van der Waals surface area contributed by atoms with Crippen molar-refractivity contribution in [2.75, 3.05) is 11.5 Å². The molecule has 2 heterocycles. The fourth-order valence-electron chi connectivity index (χ4n) is 2.70. The van der Waals surface area contributed by atoms with Crippen LogP contribution in [0.5, 0.6) is 0 Å². The maximum Gasteiger partial charge on any atom is 0.150 e. The minimum Gasteiger partial charge on any atom is -0.327 e. The standard InChI is InChI=1S/C13H23N3O2S/c1-3-11-7-12(16(4-2)15-11)8-13(14)10-5-6-19(17,18)9-10/h7,10,13H,3-6,8-9,14H2,1-2H3. The fourth-order valence-corrected chi connectivity index (χ4v) is 4.59. The molecule has 1 saturated heterocycles. The molecule has 6 heteroatoms. The number of nitrogens with two attached hydrogens (primary N) is 1. The van der Waals surface area contributed by atoms with Gasteiger partial charge in [-0.25, -0.2) is 8.42 Å². The highest BCUT2D eigenvalue weighted by Gasteiger charge is 2.32. The summed E-state index contributed by atoms with van der Waals surface area (Å²) in [5.41, 5.74) is 8.39. The van der Waals surface area contributed by atoms with Crippen LogP contribution in [0.4, 0.5) is 0 Å². The van der Waals surface area contributed by atoms with E-state index in [-0.39, 0.29) is 17.7 Å². The zero-order valence-corrected chi connectivity index (χ0v) is 12.5. The summed E-state index contributed by atoms with van der Waals surface area (Å²) in [4.78, 5) is 0. The maximum absolute atomic E-state index is 11.5. The van der Waals surface area contributed by atoms with Gasteiger partial charge in [0.25, 0.3) is 0 Å². The Morgan fingerprint density at radius 2 is 2.26 bits per heavy atom. The molecule has 1 aromatic rings. The van der Waals surface area contributed by atoms with Crippen LogP contribution >= 0.6 is 0 Å². The van der Waals surface area contributed by atoms with Crippen molar-refractivity contribution < 1.29 is 8.42 Å². The fraction of sp³-hybridized carbons (Fsp3) is 0.769. The summed E-state index contributed by atoms with van der Waals surface area (Å²) in [6, 6.07) is 2.00. The van der Waals surface area contributed by atoms with Gasteiger partial charge in [-0.2, -0.15) is 5.10 Å². The minimum atomic E-state index is -2.85. The van der Waals surface area contributed by atoms with Gasteiger partial charge in [-0.15, -0.1) is 0 Å². The van der Waals surface area contributed by atoms with E-state index in [1.807, 2.05) is 4.68 Å². The van der Waals surface area contributed by atoms with Crippen LogP contribution in [0.1, 0.15) is 31.7 Å². The largest absolute Gasteiger partial charge is 0.327 e. The van der Waals surface area contributed by atoms with Crippen molar-refractivity contribution in [3.63, 3.8) is 0 Å². The van der Waals surface area contributed by atoms with Gasteiger partial charge in [0.15, 0.2) is 9.84 Å². The van der Waals surface area contributed by atoms with Crippen LogP contribution < -0.4 is 5.73 Å². The van der Waals surface area contributed by atoms with Gasteiger partial charge in [0.05, 0.1) is 17.2 Å². The van der Waals surface area contributed by atoms with Crippen molar-refractivity contribution in [2.24, 2.45) is 11.7 Å². The lowest BCUT2D eigenvalue weighted by molar-refractivity contribution is 0.446. The molecule has 0 amide bonds. The van der Waals surface area contributed by atoms with E-state index in [1.165, 1.54) is 0 Å². The van der Waals surface area contributed by atoms with Gasteiger partial charge in [-0.1, -0.05) is 6.92 Å². The monoisotopic (exact) mass is 285 g/mol. The van der Waals surface area contributed by atoms with Gasteiger partial charge in [0, 0.05) is 24.7 Å². The van der Waals surface area contributed by atoms with E-state index in [1.54, 1.807) is 0 Å². The molecule has 1 aliphatic heterocycles. The third kappa shape index (κ3) is 3.36. The molecule has 2 rings (SSSR count). The van der Waals surface area contributed by atoms with E-state index in [0.717, 1.165) is 24.4 Å². The van der Waals surface area contributed by atoms with Crippen molar-refractivity contribution in [1.29, 1.82) is 0 Å². The molecule has 0 saturated carbocycles. The first-order valence-electron chi connectivity index (χ1n) is 6.96. The minimum absolute atomic E-state index is 0.0929. The van der Waals surface area contributed by atoms with Gasteiger partial charge in [-0.3, -0.25) is 4.68 Å². The van der Waals surface area contributed by atoms with Crippen molar-refractivity contribution >= 4 is 9.84 Å². The molecule has 2 atom stereocenters. The number of nitrogens with zero attached hydrogens (tertiary/aromatic N) is 2. The molecule has 0 spiro atoms. The highest BCUT2D eigenvalue weighted by molar-refractivity contribution is 7.91. The predicted octanol–water partition coefficient (Wildman–Crippen LogP) is 0.770. The topological polar surface area (TPSA) is 78.0 Å². The molecule has 0 aromatic carbocycles. The number of aromatic nitrogens is 2. The van der Waals surface area contributed by atoms with Crippen LogP contribution in [0.2, 0.25) is 0 Å². The Labute approximate surface area is 115 Å². The molecule has 108 valence electrons. The van der Waals surface area contributed by atoms with Crippen LogP contribution in [-0.4, -0.2) is 35.7 Å². The Morgan fingerprint density at radius 3 is 2.79 bits per heavy atom. The van der Waals surface area contributed by atoms with Gasteiger partial charge < -0.3 is 5.73 Å². The predicted molar refractivity (Wildman–Crippen MR) is 75.7 cm³/mol. The molecule has 1 aliphatic rings. The third-order valence-electron chi connectivity index (χ3n) is 3.89. The molecule has 19 heavy (non-hydrogen) atoms. The molecule has 1 aromatic heterocycles. The molecule has 2 N–H and O–H groups in total. The molecule has 2 unspecified atom stereocenters. The summed E-state index contributed by atoms with van der Waals surface area (Å²) in [6.07, 6.45) is 2.32. The lowest BCUT2D eigenvalue weighted by Gasteiger charge is -2.18. The molecule has 0 bridgehead atoms. The summed E-state index contributed by atoms with van der Waals surface area (Å²) in [5.74, 6) is 0.628. The average molecular weight is 285 g/mol. The number of rotatable bonds is 5. The van der Waals surface area contributed by atoms with Crippen LogP contribution in [-0.2, 0) is 29.2 Å². The first-order chi connectivity index (χ1) is 8.95. The zero-order chi connectivity index (χ0) is 14.0. The molecule has 1 fully saturated rings. The van der Waals surface area contributed by atoms with Gasteiger partial charge >= 0.3 is 0 Å². The first-order valence-corrected chi connectivity index (χ1v) is 8.79. The lowest BCUT2D eigenvalue weighted by Crippen LogP contribution is -2.33. The smallest absolute Gasteiger partial charge is 0.150 e. The van der Waals surface area contributed by atoms with Crippen molar-refractivity contribution in [2.45, 2.75) is 45.7 Å². The van der Waals surface area contributed by atoms with Crippen molar-refractivity contribution in [1.82, 2.24) is 9.78 Å². The summed E-state index contributed by atoms with van der Waals surface area (Å²) in [6.45, 7) is 4.96. The summed E-state index contributed by atoms with van der Waals surface area (Å²) in [7, 11) is -2.85. The third-order valence-corrected chi connectivity index (χ3v) is 5.69. The Morgan fingerprint density at radius 1 is 1.53 bits per heavy atom. The zero-order valence-electron chi connectivity index (χ0n) is 11.7. The quantitative estimate of drug-likeness (QED) is 0.867. The second-order valence-corrected chi connectivity index (χ2v) is 7.56. The van der Waals surface area contributed by atoms with E-state index in [0.29, 0.717) is 18.6 Å². The Kier molecular flexibility index (Phi) is 4.30. The second-order valence-electron chi connectivity index (χ2n) is 5.33. The van der Waals surface area contributed by atoms with Crippen LogP contribution in [0, 0.1) is 5.92 Å². The number of sulfone groups is 1. The molecule has 5 nitrogen and oxygen atoms in total. The SMILES string of the molecule is CCc1cc(CC(N)C2CCS(=O)(=O)C2)n(CC)n1. The normalized spacial score (nSPS) is 23.6. The van der Waals surface area contributed by atoms with E-state index >= 15 is 0 Å². The molecule has 0 radical (unpaired) electrons. The van der Waals surface area contributed by atoms with E-state index in [9.17, 15) is 8.42 Å². The number of hydrogen-bond acceptors (Lipinski definition) is 4. The summed E-state index contributed by atoms with van der Waals surface area (Å²) in [5, 5.41) is 4.50. The highest BCUT2D eigenvalue weighted by atomic mass is 32.2. The van der Waals surface area contributed by atoms with E-state index < -0.39 is 9.84 Å². The van der Waals surface area contributed by atoms with Gasteiger partial charge in [0.1, 0.15) is 0 Å². The maximum atomic E-state index is 11.5. The molecule has 0 aliphatic carbocycles. The van der Waals surface area contributed by atoms with Gasteiger partial charge in [0.2, 0.25) is 0 Å². The van der Waals surface area contributed by atoms with Crippen molar-refractivity contribution in [3.8, 4) is 0 Å². The molecular weight excluding hydrogens is 262 g/mol.